The van der Waals surface area contributed by atoms with Gasteiger partial charge >= 0.3 is 0 Å². The maximum Gasteiger partial charge on any atom is 0.191 e. The predicted octanol–water partition coefficient (Wildman–Crippen LogP) is 2.57. The van der Waals surface area contributed by atoms with Crippen LogP contribution in [0, 0.1) is 13.8 Å². The molecule has 0 bridgehead atoms. The van der Waals surface area contributed by atoms with E-state index in [1.165, 1.54) is 16.9 Å². The molecule has 0 amide bonds. The van der Waals surface area contributed by atoms with Gasteiger partial charge in [-0.1, -0.05) is 17.7 Å². The highest BCUT2D eigenvalue weighted by molar-refractivity contribution is 6.30. The van der Waals surface area contributed by atoms with Crippen LogP contribution in [0.25, 0.3) is 0 Å². The fourth-order valence-electron chi connectivity index (χ4n) is 3.88. The van der Waals surface area contributed by atoms with E-state index >= 15 is 0 Å². The summed E-state index contributed by atoms with van der Waals surface area (Å²) in [4.78, 5) is 9.28. The molecule has 1 aliphatic rings. The van der Waals surface area contributed by atoms with Crippen LogP contribution in [0.2, 0.25) is 5.02 Å². The van der Waals surface area contributed by atoms with Crippen LogP contribution in [0.1, 0.15) is 23.4 Å². The first-order valence-corrected chi connectivity index (χ1v) is 11.0. The topological polar surface area (TPSA) is 60.7 Å². The minimum absolute atomic E-state index is 0.733. The molecule has 3 rings (SSSR count). The summed E-state index contributed by atoms with van der Waals surface area (Å²) in [5.41, 5.74) is 4.71. The summed E-state index contributed by atoms with van der Waals surface area (Å²) in [7, 11) is 3.79. The number of guanidine groups is 1. The average molecular weight is 432 g/mol. The molecule has 0 saturated carbocycles. The lowest BCUT2D eigenvalue weighted by Gasteiger charge is -2.36. The molecule has 0 spiro atoms. The molecule has 1 aliphatic heterocycles. The number of piperazine rings is 1. The first kappa shape index (κ1) is 22.4. The first-order valence-electron chi connectivity index (χ1n) is 10.6. The van der Waals surface area contributed by atoms with Gasteiger partial charge in [-0.25, -0.2) is 0 Å². The Kier molecular flexibility index (Phi) is 7.99. The minimum atomic E-state index is 0.733. The molecule has 0 aliphatic carbocycles. The number of aromatic nitrogens is 2. The van der Waals surface area contributed by atoms with Crippen molar-refractivity contribution in [3.8, 4) is 0 Å². The number of hydrogen-bond donors (Lipinski definition) is 2. The van der Waals surface area contributed by atoms with Crippen molar-refractivity contribution < 1.29 is 0 Å². The van der Waals surface area contributed by atoms with Crippen LogP contribution in [0.3, 0.4) is 0 Å². The van der Waals surface area contributed by atoms with Gasteiger partial charge in [0.05, 0.1) is 5.69 Å². The zero-order valence-corrected chi connectivity index (χ0v) is 19.3. The van der Waals surface area contributed by atoms with Gasteiger partial charge in [0.25, 0.3) is 0 Å². The third-order valence-electron chi connectivity index (χ3n) is 5.80. The summed E-state index contributed by atoms with van der Waals surface area (Å²) in [6.45, 7) is 11.1. The van der Waals surface area contributed by atoms with E-state index < -0.39 is 0 Å². The highest BCUT2D eigenvalue weighted by Gasteiger charge is 2.17. The monoisotopic (exact) mass is 431 g/mol. The van der Waals surface area contributed by atoms with Crippen molar-refractivity contribution in [2.24, 2.45) is 12.0 Å². The zero-order chi connectivity index (χ0) is 21.5. The third kappa shape index (κ3) is 5.89. The van der Waals surface area contributed by atoms with E-state index in [0.29, 0.717) is 0 Å². The third-order valence-corrected chi connectivity index (χ3v) is 6.04. The second kappa shape index (κ2) is 10.7. The summed E-state index contributed by atoms with van der Waals surface area (Å²) < 4.78 is 1.93. The number of aryl methyl sites for hydroxylation is 2. The lowest BCUT2D eigenvalue weighted by Crippen LogP contribution is -2.47. The fourth-order valence-corrected chi connectivity index (χ4v) is 4.06. The highest BCUT2D eigenvalue weighted by atomic mass is 35.5. The molecule has 1 aromatic carbocycles. The molecule has 1 saturated heterocycles. The van der Waals surface area contributed by atoms with Gasteiger partial charge in [-0.2, -0.15) is 5.10 Å². The zero-order valence-electron chi connectivity index (χ0n) is 18.6. The number of halogens is 1. The Labute approximate surface area is 185 Å². The smallest absolute Gasteiger partial charge is 0.191 e. The number of nitrogens with zero attached hydrogens (tertiary/aromatic N) is 5. The molecule has 8 heteroatoms. The van der Waals surface area contributed by atoms with Crippen molar-refractivity contribution >= 4 is 23.2 Å². The molecular weight excluding hydrogens is 398 g/mol. The first-order chi connectivity index (χ1) is 14.5. The van der Waals surface area contributed by atoms with Crippen LogP contribution >= 0.6 is 11.6 Å². The molecule has 0 atom stereocenters. The molecule has 2 heterocycles. The normalized spacial score (nSPS) is 15.5. The molecule has 164 valence electrons. The van der Waals surface area contributed by atoms with Gasteiger partial charge in [0.2, 0.25) is 0 Å². The van der Waals surface area contributed by atoms with E-state index in [2.05, 4.69) is 43.5 Å². The number of anilines is 1. The molecule has 0 radical (unpaired) electrons. The molecular formula is C22H34ClN7. The summed E-state index contributed by atoms with van der Waals surface area (Å²) in [5, 5.41) is 12.1. The Morgan fingerprint density at radius 3 is 2.57 bits per heavy atom. The lowest BCUT2D eigenvalue weighted by molar-refractivity contribution is 0.255. The second-order valence-electron chi connectivity index (χ2n) is 7.79. The SMILES string of the molecule is CN=C(NCCCN1CCN(c2cccc(Cl)c2)CC1)NCc1c(C)nn(C)c1C. The van der Waals surface area contributed by atoms with E-state index in [0.717, 1.165) is 68.9 Å². The van der Waals surface area contributed by atoms with Crippen LogP contribution in [0.4, 0.5) is 5.69 Å². The van der Waals surface area contributed by atoms with Crippen LogP contribution < -0.4 is 15.5 Å². The van der Waals surface area contributed by atoms with Crippen molar-refractivity contribution in [1.29, 1.82) is 0 Å². The van der Waals surface area contributed by atoms with Crippen molar-refractivity contribution in [1.82, 2.24) is 25.3 Å². The van der Waals surface area contributed by atoms with E-state index in [-0.39, 0.29) is 0 Å². The predicted molar refractivity (Wildman–Crippen MR) is 126 cm³/mol. The Hall–Kier alpha value is -2.25. The summed E-state index contributed by atoms with van der Waals surface area (Å²) in [6.07, 6.45) is 1.09. The van der Waals surface area contributed by atoms with Gasteiger partial charge in [0, 0.05) is 75.3 Å². The van der Waals surface area contributed by atoms with Crippen molar-refractivity contribution in [3.63, 3.8) is 0 Å². The van der Waals surface area contributed by atoms with Gasteiger partial charge < -0.3 is 15.5 Å². The fraction of sp³-hybridized carbons (Fsp3) is 0.545. The van der Waals surface area contributed by atoms with E-state index in [9.17, 15) is 0 Å². The molecule has 30 heavy (non-hydrogen) atoms. The molecule has 7 nitrogen and oxygen atoms in total. The van der Waals surface area contributed by atoms with E-state index in [4.69, 9.17) is 11.6 Å². The average Bonchev–Trinajstić information content (AvgIpc) is 2.99. The lowest BCUT2D eigenvalue weighted by atomic mass is 10.2. The van der Waals surface area contributed by atoms with Crippen LogP contribution in [-0.4, -0.2) is 67.0 Å². The Morgan fingerprint density at radius 1 is 1.17 bits per heavy atom. The van der Waals surface area contributed by atoms with Crippen molar-refractivity contribution in [3.05, 3.63) is 46.2 Å². The van der Waals surface area contributed by atoms with Gasteiger partial charge in [0.15, 0.2) is 5.96 Å². The highest BCUT2D eigenvalue weighted by Crippen LogP contribution is 2.20. The molecule has 1 aromatic heterocycles. The van der Waals surface area contributed by atoms with Gasteiger partial charge in [-0.15, -0.1) is 0 Å². The van der Waals surface area contributed by atoms with E-state index in [1.807, 2.05) is 43.9 Å². The van der Waals surface area contributed by atoms with Crippen LogP contribution in [0.15, 0.2) is 29.3 Å². The molecule has 0 unspecified atom stereocenters. The van der Waals surface area contributed by atoms with Crippen LogP contribution in [-0.2, 0) is 13.6 Å². The molecule has 1 fully saturated rings. The maximum absolute atomic E-state index is 6.13. The summed E-state index contributed by atoms with van der Waals surface area (Å²) in [6, 6.07) is 8.14. The van der Waals surface area contributed by atoms with Crippen LogP contribution in [0.5, 0.6) is 0 Å². The number of hydrogen-bond acceptors (Lipinski definition) is 4. The summed E-state index contributed by atoms with van der Waals surface area (Å²) >= 11 is 6.13. The number of aliphatic imine (C=N–C) groups is 1. The van der Waals surface area contributed by atoms with E-state index in [1.54, 1.807) is 0 Å². The molecule has 2 N–H and O–H groups in total. The maximum atomic E-state index is 6.13. The summed E-state index contributed by atoms with van der Waals surface area (Å²) in [5.74, 6) is 0.837. The van der Waals surface area contributed by atoms with Crippen molar-refractivity contribution in [2.75, 3.05) is 51.2 Å². The number of benzene rings is 1. The molecule has 2 aromatic rings. The van der Waals surface area contributed by atoms with Gasteiger partial charge in [0.1, 0.15) is 0 Å². The number of nitrogens with one attached hydrogen (secondary N) is 2. The largest absolute Gasteiger partial charge is 0.369 e. The minimum Gasteiger partial charge on any atom is -0.369 e. The second-order valence-corrected chi connectivity index (χ2v) is 8.22. The Morgan fingerprint density at radius 2 is 1.93 bits per heavy atom. The quantitative estimate of drug-likeness (QED) is 0.401. The Bertz CT molecular complexity index is 853. The van der Waals surface area contributed by atoms with Gasteiger partial charge in [-0.3, -0.25) is 14.6 Å². The standard InChI is InChI=1S/C22H34ClN7/c1-17-21(18(2)28(4)27-17)16-26-22(24-3)25-9-6-10-29-11-13-30(14-12-29)20-8-5-7-19(23)15-20/h5,7-8,15H,6,9-14,16H2,1-4H3,(H2,24,25,26). The number of rotatable bonds is 7. The van der Waals surface area contributed by atoms with Crippen molar-refractivity contribution in [2.45, 2.75) is 26.8 Å². The van der Waals surface area contributed by atoms with Gasteiger partial charge in [-0.05, 0) is 45.0 Å². The Balaban J connectivity index is 1.34.